The molecule has 0 atom stereocenters. The van der Waals surface area contributed by atoms with E-state index in [2.05, 4.69) is 54.6 Å². The van der Waals surface area contributed by atoms with E-state index in [1.54, 1.807) is 0 Å². The zero-order valence-electron chi connectivity index (χ0n) is 8.02. The second kappa shape index (κ2) is 2.71. The first-order valence-electron chi connectivity index (χ1n) is 4.49. The minimum absolute atomic E-state index is 0.260. The van der Waals surface area contributed by atoms with Crippen molar-refractivity contribution in [2.75, 3.05) is 0 Å². The Bertz CT molecular complexity index is 375. The maximum absolute atomic E-state index is 4.11. The number of rotatable bonds is 0. The maximum atomic E-state index is 4.11. The van der Waals surface area contributed by atoms with Gasteiger partial charge in [0.05, 0.1) is 0 Å². The lowest BCUT2D eigenvalue weighted by Crippen LogP contribution is -2.11. The summed E-state index contributed by atoms with van der Waals surface area (Å²) in [5.74, 6) is 0. The van der Waals surface area contributed by atoms with Crippen LogP contribution in [0.3, 0.4) is 0 Å². The highest BCUT2D eigenvalue weighted by Gasteiger charge is 2.31. The predicted molar refractivity (Wildman–Crippen MR) is 60.8 cm³/mol. The molecule has 0 spiro atoms. The molecular weight excluding hydrogens is 224 g/mol. The van der Waals surface area contributed by atoms with E-state index in [1.807, 2.05) is 0 Å². The number of fused-ring (bicyclic) bond motifs is 1. The molecule has 0 aromatic heterocycles. The smallest absolute Gasteiger partial charge is 0.0178 e. The SMILES string of the molecule is C=C1CC(C)(C)c2cc(Br)ccc21. The van der Waals surface area contributed by atoms with E-state index in [9.17, 15) is 0 Å². The summed E-state index contributed by atoms with van der Waals surface area (Å²) in [6.45, 7) is 8.65. The van der Waals surface area contributed by atoms with Gasteiger partial charge in [-0.1, -0.05) is 42.4 Å². The van der Waals surface area contributed by atoms with Crippen LogP contribution in [0, 0.1) is 0 Å². The van der Waals surface area contributed by atoms with Crippen molar-refractivity contribution in [3.05, 3.63) is 40.4 Å². The molecule has 13 heavy (non-hydrogen) atoms. The van der Waals surface area contributed by atoms with E-state index in [4.69, 9.17) is 0 Å². The molecule has 1 aromatic rings. The molecule has 0 N–H and O–H groups in total. The minimum Gasteiger partial charge on any atom is -0.0952 e. The van der Waals surface area contributed by atoms with Crippen LogP contribution in [0.4, 0.5) is 0 Å². The average Bonchev–Trinajstić information content (AvgIpc) is 2.23. The fourth-order valence-electron chi connectivity index (χ4n) is 2.11. The molecule has 0 aliphatic heterocycles. The zero-order chi connectivity index (χ0) is 9.64. The molecule has 1 aliphatic rings. The normalized spacial score (nSPS) is 18.8. The largest absolute Gasteiger partial charge is 0.0952 e. The number of halogens is 1. The van der Waals surface area contributed by atoms with Crippen LogP contribution in [0.2, 0.25) is 0 Å². The third kappa shape index (κ3) is 1.35. The molecule has 0 bridgehead atoms. The molecular formula is C12H13Br. The summed E-state index contributed by atoms with van der Waals surface area (Å²) in [6.07, 6.45) is 1.08. The third-order valence-electron chi connectivity index (χ3n) is 2.75. The molecule has 68 valence electrons. The highest BCUT2D eigenvalue weighted by molar-refractivity contribution is 9.10. The van der Waals surface area contributed by atoms with Crippen LogP contribution in [0.25, 0.3) is 5.57 Å². The zero-order valence-corrected chi connectivity index (χ0v) is 9.61. The summed E-state index contributed by atoms with van der Waals surface area (Å²) < 4.78 is 1.16. The molecule has 0 nitrogen and oxygen atoms in total. The molecule has 0 amide bonds. The van der Waals surface area contributed by atoms with Gasteiger partial charge in [-0.25, -0.2) is 0 Å². The van der Waals surface area contributed by atoms with Gasteiger partial charge in [-0.15, -0.1) is 0 Å². The van der Waals surface area contributed by atoms with Crippen LogP contribution in [0.15, 0.2) is 29.3 Å². The molecule has 0 saturated heterocycles. The van der Waals surface area contributed by atoms with E-state index >= 15 is 0 Å². The number of benzene rings is 1. The Morgan fingerprint density at radius 3 is 2.77 bits per heavy atom. The van der Waals surface area contributed by atoms with Crippen molar-refractivity contribution in [2.24, 2.45) is 0 Å². The van der Waals surface area contributed by atoms with Gasteiger partial charge in [-0.3, -0.25) is 0 Å². The molecule has 0 radical (unpaired) electrons. The summed E-state index contributed by atoms with van der Waals surface area (Å²) in [4.78, 5) is 0. The van der Waals surface area contributed by atoms with Crippen LogP contribution >= 0.6 is 15.9 Å². The van der Waals surface area contributed by atoms with E-state index in [-0.39, 0.29) is 5.41 Å². The van der Waals surface area contributed by atoms with E-state index in [1.165, 1.54) is 16.7 Å². The van der Waals surface area contributed by atoms with Gasteiger partial charge in [-0.05, 0) is 40.7 Å². The van der Waals surface area contributed by atoms with Gasteiger partial charge in [0.25, 0.3) is 0 Å². The second-order valence-electron chi connectivity index (χ2n) is 4.35. The van der Waals surface area contributed by atoms with Crippen molar-refractivity contribution in [2.45, 2.75) is 25.7 Å². The van der Waals surface area contributed by atoms with Gasteiger partial charge in [0.1, 0.15) is 0 Å². The van der Waals surface area contributed by atoms with Crippen molar-refractivity contribution >= 4 is 21.5 Å². The van der Waals surface area contributed by atoms with Crippen LogP contribution < -0.4 is 0 Å². The van der Waals surface area contributed by atoms with Crippen LogP contribution in [0.5, 0.6) is 0 Å². The quantitative estimate of drug-likeness (QED) is 0.636. The topological polar surface area (TPSA) is 0 Å². The number of hydrogen-bond acceptors (Lipinski definition) is 0. The first-order chi connectivity index (χ1) is 6.00. The van der Waals surface area contributed by atoms with E-state index < -0.39 is 0 Å². The lowest BCUT2D eigenvalue weighted by molar-refractivity contribution is 0.563. The molecule has 1 heteroatoms. The lowest BCUT2D eigenvalue weighted by atomic mass is 9.86. The molecule has 0 saturated carbocycles. The third-order valence-corrected chi connectivity index (χ3v) is 3.24. The Kier molecular flexibility index (Phi) is 1.88. The fraction of sp³-hybridized carbons (Fsp3) is 0.333. The van der Waals surface area contributed by atoms with Crippen molar-refractivity contribution < 1.29 is 0 Å². The van der Waals surface area contributed by atoms with Gasteiger partial charge < -0.3 is 0 Å². The maximum Gasteiger partial charge on any atom is 0.0178 e. The standard InChI is InChI=1S/C12H13Br/c1-8-7-12(2,3)11-6-9(13)4-5-10(8)11/h4-6H,1,7H2,2-3H3. The summed E-state index contributed by atoms with van der Waals surface area (Å²) in [6, 6.07) is 6.47. The highest BCUT2D eigenvalue weighted by Crippen LogP contribution is 2.45. The van der Waals surface area contributed by atoms with E-state index in [0.717, 1.165) is 10.9 Å². The summed E-state index contributed by atoms with van der Waals surface area (Å²) in [5, 5.41) is 0. The molecule has 0 heterocycles. The van der Waals surface area contributed by atoms with Crippen molar-refractivity contribution in [1.82, 2.24) is 0 Å². The van der Waals surface area contributed by atoms with Gasteiger partial charge in [0.15, 0.2) is 0 Å². The first kappa shape index (κ1) is 9.01. The Morgan fingerprint density at radius 1 is 1.38 bits per heavy atom. The van der Waals surface area contributed by atoms with Crippen LogP contribution in [-0.2, 0) is 5.41 Å². The fourth-order valence-corrected chi connectivity index (χ4v) is 2.47. The first-order valence-corrected chi connectivity index (χ1v) is 5.28. The summed E-state index contributed by atoms with van der Waals surface area (Å²) in [5.41, 5.74) is 4.29. The van der Waals surface area contributed by atoms with Gasteiger partial charge in [0.2, 0.25) is 0 Å². The van der Waals surface area contributed by atoms with Crippen molar-refractivity contribution in [3.8, 4) is 0 Å². The monoisotopic (exact) mass is 236 g/mol. The lowest BCUT2D eigenvalue weighted by Gasteiger charge is -2.18. The number of allylic oxidation sites excluding steroid dienone is 1. The van der Waals surface area contributed by atoms with Crippen molar-refractivity contribution in [3.63, 3.8) is 0 Å². The Morgan fingerprint density at radius 2 is 2.08 bits per heavy atom. The van der Waals surface area contributed by atoms with Gasteiger partial charge in [-0.2, -0.15) is 0 Å². The number of hydrogen-bond donors (Lipinski definition) is 0. The summed E-state index contributed by atoms with van der Waals surface area (Å²) in [7, 11) is 0. The minimum atomic E-state index is 0.260. The molecule has 0 fully saturated rings. The van der Waals surface area contributed by atoms with Crippen molar-refractivity contribution in [1.29, 1.82) is 0 Å². The average molecular weight is 237 g/mol. The summed E-state index contributed by atoms with van der Waals surface area (Å²) >= 11 is 3.51. The van der Waals surface area contributed by atoms with E-state index in [0.29, 0.717) is 0 Å². The van der Waals surface area contributed by atoms with Crippen LogP contribution in [-0.4, -0.2) is 0 Å². The second-order valence-corrected chi connectivity index (χ2v) is 5.27. The van der Waals surface area contributed by atoms with Crippen LogP contribution in [0.1, 0.15) is 31.4 Å². The molecule has 1 aliphatic carbocycles. The van der Waals surface area contributed by atoms with Gasteiger partial charge >= 0.3 is 0 Å². The molecule has 1 aromatic carbocycles. The molecule has 2 rings (SSSR count). The molecule has 0 unspecified atom stereocenters. The predicted octanol–water partition coefficient (Wildman–Crippen LogP) is 4.14. The Hall–Kier alpha value is -0.560. The highest BCUT2D eigenvalue weighted by atomic mass is 79.9. The van der Waals surface area contributed by atoms with Gasteiger partial charge in [0, 0.05) is 4.47 Å². The Labute approximate surface area is 87.8 Å². The Balaban J connectivity index is 2.66.